The maximum atomic E-state index is 12.6. The van der Waals surface area contributed by atoms with Crippen molar-refractivity contribution in [2.24, 2.45) is 4.99 Å². The molecular formula is C25H26N6O4. The van der Waals surface area contributed by atoms with E-state index >= 15 is 0 Å². The van der Waals surface area contributed by atoms with Gasteiger partial charge < -0.3 is 20.0 Å². The Morgan fingerprint density at radius 2 is 1.63 bits per heavy atom. The van der Waals surface area contributed by atoms with Crippen LogP contribution in [0.1, 0.15) is 36.0 Å². The quantitative estimate of drug-likeness (QED) is 0.337. The number of nitrogens with zero attached hydrogens (tertiary/aromatic N) is 3. The molecule has 0 radical (unpaired) electrons. The van der Waals surface area contributed by atoms with E-state index < -0.39 is 17.1 Å². The molecule has 3 heterocycles. The topological polar surface area (TPSA) is 139 Å². The summed E-state index contributed by atoms with van der Waals surface area (Å²) in [5.74, 6) is -0.494. The molecular weight excluding hydrogens is 448 g/mol. The van der Waals surface area contributed by atoms with Crippen molar-refractivity contribution in [2.45, 2.75) is 33.1 Å². The van der Waals surface area contributed by atoms with Crippen molar-refractivity contribution in [3.63, 3.8) is 0 Å². The molecule has 2 aromatic carbocycles. The van der Waals surface area contributed by atoms with E-state index in [2.05, 4.69) is 24.8 Å². The van der Waals surface area contributed by atoms with Crippen LogP contribution < -0.4 is 21.8 Å². The summed E-state index contributed by atoms with van der Waals surface area (Å²) in [6.07, 6.45) is 4.51. The van der Waals surface area contributed by atoms with Gasteiger partial charge in [0.25, 0.3) is 5.56 Å². The van der Waals surface area contributed by atoms with Gasteiger partial charge in [0.15, 0.2) is 0 Å². The molecule has 1 fully saturated rings. The van der Waals surface area contributed by atoms with E-state index in [0.29, 0.717) is 22.4 Å². The summed E-state index contributed by atoms with van der Waals surface area (Å²) in [6, 6.07) is 9.11. The summed E-state index contributed by atoms with van der Waals surface area (Å²) in [6.45, 7) is 5.40. The van der Waals surface area contributed by atoms with Gasteiger partial charge >= 0.3 is 11.4 Å². The second-order valence-corrected chi connectivity index (χ2v) is 8.89. The largest absolute Gasteiger partial charge is 0.493 e. The van der Waals surface area contributed by atoms with Gasteiger partial charge in [-0.1, -0.05) is 12.1 Å². The number of anilines is 1. The summed E-state index contributed by atoms with van der Waals surface area (Å²) in [4.78, 5) is 51.6. The number of H-pyrrole nitrogens is 3. The SMILES string of the molecule is Cc1ccc(C)c(-n2c(O)c(C=Nc3cc4[nH]c(=O)[nH]c4cc3N3CCCCC3)c(=O)[nH]c2=O)c1. The number of aryl methyl sites for hydroxylation is 2. The number of hydrogen-bond acceptors (Lipinski definition) is 6. The van der Waals surface area contributed by atoms with Gasteiger partial charge in [-0.2, -0.15) is 0 Å². The van der Waals surface area contributed by atoms with Gasteiger partial charge in [0.05, 0.1) is 28.1 Å². The Hall–Kier alpha value is -4.34. The molecule has 0 unspecified atom stereocenters. The number of benzene rings is 2. The third kappa shape index (κ3) is 4.18. The van der Waals surface area contributed by atoms with Crippen LogP contribution in [-0.2, 0) is 0 Å². The summed E-state index contributed by atoms with van der Waals surface area (Å²) in [5, 5.41) is 11.0. The molecule has 2 aromatic heterocycles. The van der Waals surface area contributed by atoms with Crippen molar-refractivity contribution >= 4 is 28.6 Å². The summed E-state index contributed by atoms with van der Waals surface area (Å²) in [5.41, 5.74) is 2.81. The van der Waals surface area contributed by atoms with Gasteiger partial charge in [-0.05, 0) is 62.4 Å². The zero-order valence-electron chi connectivity index (χ0n) is 19.5. The molecule has 10 nitrogen and oxygen atoms in total. The molecule has 0 atom stereocenters. The van der Waals surface area contributed by atoms with Gasteiger partial charge in [0.1, 0.15) is 5.56 Å². The standard InChI is InChI=1S/C25H26N6O4/c1-14-6-7-15(2)20(10-14)31-23(33)16(22(32)29-25(31)35)13-26-19-11-17-18(28-24(34)27-17)12-21(19)30-8-4-3-5-9-30/h6-7,10-13,33H,3-5,8-9H2,1-2H3,(H2,27,28,34)(H,29,32,35). The molecule has 5 rings (SSSR count). The maximum absolute atomic E-state index is 12.6. The van der Waals surface area contributed by atoms with Gasteiger partial charge in [0.2, 0.25) is 5.88 Å². The zero-order chi connectivity index (χ0) is 24.7. The number of nitrogens with one attached hydrogen (secondary N) is 3. The first-order valence-electron chi connectivity index (χ1n) is 11.5. The highest BCUT2D eigenvalue weighted by atomic mass is 16.3. The lowest BCUT2D eigenvalue weighted by Crippen LogP contribution is -2.31. The second-order valence-electron chi connectivity index (χ2n) is 8.89. The Balaban J connectivity index is 1.65. The Kier molecular flexibility index (Phi) is 5.64. The first-order chi connectivity index (χ1) is 16.8. The van der Waals surface area contributed by atoms with Crippen LogP contribution in [0.25, 0.3) is 16.7 Å². The lowest BCUT2D eigenvalue weighted by atomic mass is 10.1. The highest BCUT2D eigenvalue weighted by molar-refractivity contribution is 5.91. The molecule has 10 heteroatoms. The van der Waals surface area contributed by atoms with Crippen LogP contribution in [0.15, 0.2) is 49.7 Å². The van der Waals surface area contributed by atoms with E-state index in [4.69, 9.17) is 0 Å². The number of aromatic amines is 3. The Morgan fingerprint density at radius 3 is 2.37 bits per heavy atom. The fourth-order valence-corrected chi connectivity index (χ4v) is 4.52. The van der Waals surface area contributed by atoms with E-state index in [-0.39, 0.29) is 11.3 Å². The summed E-state index contributed by atoms with van der Waals surface area (Å²) in [7, 11) is 0. The lowest BCUT2D eigenvalue weighted by molar-refractivity contribution is 0.430. The smallest absolute Gasteiger partial charge is 0.335 e. The Labute approximate surface area is 199 Å². The van der Waals surface area contributed by atoms with E-state index in [1.807, 2.05) is 32.0 Å². The lowest BCUT2D eigenvalue weighted by Gasteiger charge is -2.29. The molecule has 0 spiro atoms. The molecule has 1 saturated heterocycles. The molecule has 35 heavy (non-hydrogen) atoms. The molecule has 180 valence electrons. The molecule has 1 aliphatic heterocycles. The number of aromatic hydroxyl groups is 1. The van der Waals surface area contributed by atoms with Crippen LogP contribution in [-0.4, -0.2) is 43.9 Å². The molecule has 0 saturated carbocycles. The number of aromatic nitrogens is 4. The average Bonchev–Trinajstić information content (AvgIpc) is 3.19. The molecule has 0 amide bonds. The van der Waals surface area contributed by atoms with Crippen molar-refractivity contribution in [3.8, 4) is 11.6 Å². The Morgan fingerprint density at radius 1 is 0.914 bits per heavy atom. The zero-order valence-corrected chi connectivity index (χ0v) is 19.5. The number of fused-ring (bicyclic) bond motifs is 1. The molecule has 1 aliphatic rings. The summed E-state index contributed by atoms with van der Waals surface area (Å²) >= 11 is 0. The van der Waals surface area contributed by atoms with Crippen LogP contribution in [0.4, 0.5) is 11.4 Å². The average molecular weight is 475 g/mol. The van der Waals surface area contributed by atoms with Gasteiger partial charge in [-0.25, -0.2) is 14.2 Å². The van der Waals surface area contributed by atoms with Crippen LogP contribution in [0.2, 0.25) is 0 Å². The van der Waals surface area contributed by atoms with Crippen LogP contribution in [0.3, 0.4) is 0 Å². The first-order valence-corrected chi connectivity index (χ1v) is 11.5. The first kappa shape index (κ1) is 22.5. The highest BCUT2D eigenvalue weighted by Crippen LogP contribution is 2.34. The van der Waals surface area contributed by atoms with E-state index in [0.717, 1.165) is 53.7 Å². The van der Waals surface area contributed by atoms with Gasteiger partial charge in [-0.3, -0.25) is 14.8 Å². The maximum Gasteiger partial charge on any atom is 0.335 e. The van der Waals surface area contributed by atoms with E-state index in [9.17, 15) is 19.5 Å². The third-order valence-corrected chi connectivity index (χ3v) is 6.37. The van der Waals surface area contributed by atoms with Crippen molar-refractivity contribution < 1.29 is 5.11 Å². The fourth-order valence-electron chi connectivity index (χ4n) is 4.52. The minimum absolute atomic E-state index is 0.141. The molecule has 0 bridgehead atoms. The number of aliphatic imine (C=N–C) groups is 1. The monoisotopic (exact) mass is 474 g/mol. The van der Waals surface area contributed by atoms with Crippen LogP contribution in [0, 0.1) is 13.8 Å². The van der Waals surface area contributed by atoms with E-state index in [1.54, 1.807) is 12.1 Å². The molecule has 4 N–H and O–H groups in total. The van der Waals surface area contributed by atoms with Gasteiger partial charge in [-0.15, -0.1) is 0 Å². The third-order valence-electron chi connectivity index (χ3n) is 6.37. The van der Waals surface area contributed by atoms with Crippen molar-refractivity contribution in [1.82, 2.24) is 19.5 Å². The van der Waals surface area contributed by atoms with E-state index in [1.165, 1.54) is 6.21 Å². The fraction of sp³-hybridized carbons (Fsp3) is 0.280. The number of imidazole rings is 1. The molecule has 0 aliphatic carbocycles. The van der Waals surface area contributed by atoms with Gasteiger partial charge in [0, 0.05) is 19.3 Å². The predicted octanol–water partition coefficient (Wildman–Crippen LogP) is 2.76. The molecule has 4 aromatic rings. The normalized spacial score (nSPS) is 14.3. The van der Waals surface area contributed by atoms with Crippen molar-refractivity contribution in [3.05, 3.63) is 78.3 Å². The minimum atomic E-state index is -0.742. The van der Waals surface area contributed by atoms with Crippen LogP contribution >= 0.6 is 0 Å². The summed E-state index contributed by atoms with van der Waals surface area (Å²) < 4.78 is 1.07. The van der Waals surface area contributed by atoms with Crippen molar-refractivity contribution in [1.29, 1.82) is 0 Å². The van der Waals surface area contributed by atoms with Crippen LogP contribution in [0.5, 0.6) is 5.88 Å². The minimum Gasteiger partial charge on any atom is -0.493 e. The second kappa shape index (κ2) is 8.79. The number of piperidine rings is 1. The highest BCUT2D eigenvalue weighted by Gasteiger charge is 2.18. The Bertz CT molecular complexity index is 1630. The van der Waals surface area contributed by atoms with Crippen molar-refractivity contribution in [2.75, 3.05) is 18.0 Å². The number of rotatable bonds is 4. The predicted molar refractivity (Wildman–Crippen MR) is 136 cm³/mol. The number of hydrogen-bond donors (Lipinski definition) is 4.